The SMILES string of the molecule is CC12C=CC=CC1c1cc(C3=NC(n4c5cc6ccccc6cc5c5cc6ccccc6cc54)c4c(sc5cc(-c6ccccn6)ccc45)N3)ccc1N2c1ccccc1. The molecule has 0 bridgehead atoms. The summed E-state index contributed by atoms with van der Waals surface area (Å²) in [4.78, 5) is 13.0. The Balaban J connectivity index is 1.07. The lowest BCUT2D eigenvalue weighted by molar-refractivity contribution is 0.542. The van der Waals surface area contributed by atoms with E-state index in [-0.39, 0.29) is 17.6 Å². The predicted molar refractivity (Wildman–Crippen MR) is 252 cm³/mol. The third kappa shape index (κ3) is 4.85. The van der Waals surface area contributed by atoms with Crippen molar-refractivity contribution in [3.05, 3.63) is 205 Å². The number of nitrogens with one attached hydrogen (secondary N) is 1. The summed E-state index contributed by atoms with van der Waals surface area (Å²) >= 11 is 1.80. The van der Waals surface area contributed by atoms with Crippen LogP contribution >= 0.6 is 11.3 Å². The molecule has 0 amide bonds. The summed E-state index contributed by atoms with van der Waals surface area (Å²) in [5, 5.41) is 13.6. The molecule has 3 unspecified atom stereocenters. The highest BCUT2D eigenvalue weighted by molar-refractivity contribution is 7.23. The first kappa shape index (κ1) is 33.7. The molecule has 3 aromatic heterocycles. The van der Waals surface area contributed by atoms with E-state index >= 15 is 0 Å². The molecule has 1 N–H and O–H groups in total. The van der Waals surface area contributed by atoms with Crippen molar-refractivity contribution in [2.24, 2.45) is 4.99 Å². The van der Waals surface area contributed by atoms with Crippen LogP contribution in [-0.2, 0) is 0 Å². The number of pyridine rings is 1. The van der Waals surface area contributed by atoms with E-state index in [1.54, 1.807) is 11.3 Å². The lowest BCUT2D eigenvalue weighted by Gasteiger charge is -2.39. The van der Waals surface area contributed by atoms with Crippen LogP contribution in [0.3, 0.4) is 0 Å². The number of rotatable bonds is 4. The van der Waals surface area contributed by atoms with Gasteiger partial charge in [0.15, 0.2) is 6.17 Å². The standard InChI is InChI=1S/C54H37N5S/c1-54-25-11-9-19-44(54)43-29-38(22-24-46(43)59(54)39-17-3-2-4-18-39)51-56-52(50-40-23-21-37(45-20-10-12-26-55-45)32-49(40)60-53(50)57-51)58-47-30-35-15-7-5-13-33(35)27-41(47)42-28-34-14-6-8-16-36(34)31-48(42)58/h2-32,44,52H,1H3,(H,56,57). The Morgan fingerprint density at radius 2 is 1.32 bits per heavy atom. The number of hydrogen-bond acceptors (Lipinski definition) is 5. The molecular weight excluding hydrogens is 751 g/mol. The lowest BCUT2D eigenvalue weighted by atomic mass is 9.80. The summed E-state index contributed by atoms with van der Waals surface area (Å²) in [7, 11) is 0. The average molecular weight is 788 g/mol. The Kier molecular flexibility index (Phi) is 7.08. The van der Waals surface area contributed by atoms with E-state index in [1.807, 2.05) is 12.3 Å². The number of para-hydroxylation sites is 1. The van der Waals surface area contributed by atoms with Gasteiger partial charge < -0.3 is 14.8 Å². The largest absolute Gasteiger partial charge is 0.331 e. The quantitative estimate of drug-likeness (QED) is 0.193. The van der Waals surface area contributed by atoms with E-state index in [9.17, 15) is 0 Å². The summed E-state index contributed by atoms with van der Waals surface area (Å²) in [5.74, 6) is 1.06. The van der Waals surface area contributed by atoms with Crippen LogP contribution in [0.2, 0.25) is 0 Å². The van der Waals surface area contributed by atoms with Crippen molar-refractivity contribution < 1.29 is 0 Å². The van der Waals surface area contributed by atoms with Gasteiger partial charge in [0.05, 0.1) is 22.3 Å². The molecule has 60 heavy (non-hydrogen) atoms. The van der Waals surface area contributed by atoms with Crippen LogP contribution in [0.4, 0.5) is 16.4 Å². The molecule has 284 valence electrons. The third-order valence-corrected chi connectivity index (χ3v) is 14.1. The Morgan fingerprint density at radius 3 is 2.03 bits per heavy atom. The van der Waals surface area contributed by atoms with Crippen LogP contribution in [0.5, 0.6) is 0 Å². The summed E-state index contributed by atoms with van der Waals surface area (Å²) in [6.45, 7) is 2.36. The van der Waals surface area contributed by atoms with E-state index in [0.29, 0.717) is 0 Å². The molecule has 7 aromatic carbocycles. The first-order valence-electron chi connectivity index (χ1n) is 20.6. The minimum absolute atomic E-state index is 0.182. The van der Waals surface area contributed by atoms with Crippen LogP contribution in [0, 0.1) is 0 Å². The van der Waals surface area contributed by atoms with E-state index in [2.05, 4.69) is 198 Å². The third-order valence-electron chi connectivity index (χ3n) is 13.1. The van der Waals surface area contributed by atoms with Crippen molar-refractivity contribution in [1.29, 1.82) is 0 Å². The maximum Gasteiger partial charge on any atom is 0.157 e. The van der Waals surface area contributed by atoms with E-state index in [1.165, 1.54) is 75.9 Å². The van der Waals surface area contributed by atoms with Gasteiger partial charge >= 0.3 is 0 Å². The molecule has 5 heterocycles. The molecule has 2 aliphatic heterocycles. The van der Waals surface area contributed by atoms with Crippen molar-refractivity contribution in [3.8, 4) is 11.3 Å². The van der Waals surface area contributed by atoms with Gasteiger partial charge in [0, 0.05) is 61.0 Å². The molecule has 0 fully saturated rings. The Labute approximate surface area is 350 Å². The van der Waals surface area contributed by atoms with Crippen molar-refractivity contribution in [3.63, 3.8) is 0 Å². The van der Waals surface area contributed by atoms with Gasteiger partial charge in [-0.15, -0.1) is 11.3 Å². The zero-order chi connectivity index (χ0) is 39.5. The Bertz CT molecular complexity index is 3410. The van der Waals surface area contributed by atoms with E-state index < -0.39 is 0 Å². The normalized spacial score (nSPS) is 19.2. The van der Waals surface area contributed by atoms with Crippen molar-refractivity contribution in [2.75, 3.05) is 10.2 Å². The maximum absolute atomic E-state index is 5.84. The van der Waals surface area contributed by atoms with Crippen LogP contribution in [0.15, 0.2) is 193 Å². The predicted octanol–water partition coefficient (Wildman–Crippen LogP) is 13.9. The molecule has 6 heteroatoms. The number of anilines is 3. The number of fused-ring (bicyclic) bond motifs is 11. The smallest absolute Gasteiger partial charge is 0.157 e. The Morgan fingerprint density at radius 1 is 0.633 bits per heavy atom. The topological polar surface area (TPSA) is 45.5 Å². The van der Waals surface area contributed by atoms with Crippen LogP contribution in [0.1, 0.15) is 35.7 Å². The highest BCUT2D eigenvalue weighted by atomic mass is 32.1. The number of benzene rings is 7. The second-order valence-electron chi connectivity index (χ2n) is 16.4. The fourth-order valence-corrected chi connectivity index (χ4v) is 11.4. The van der Waals surface area contributed by atoms with Crippen molar-refractivity contribution in [2.45, 2.75) is 24.5 Å². The van der Waals surface area contributed by atoms with Gasteiger partial charge in [-0.2, -0.15) is 0 Å². The molecule has 10 aromatic rings. The van der Waals surface area contributed by atoms with Gasteiger partial charge in [0.25, 0.3) is 0 Å². The molecule has 0 saturated heterocycles. The van der Waals surface area contributed by atoms with Gasteiger partial charge in [-0.25, -0.2) is 4.99 Å². The minimum atomic E-state index is -0.343. The first-order chi connectivity index (χ1) is 29.6. The zero-order valence-electron chi connectivity index (χ0n) is 32.7. The number of hydrogen-bond donors (Lipinski definition) is 1. The lowest BCUT2D eigenvalue weighted by Crippen LogP contribution is -2.41. The maximum atomic E-state index is 5.84. The fourth-order valence-electron chi connectivity index (χ4n) is 10.3. The molecule has 13 rings (SSSR count). The number of thiophene rings is 1. The number of aromatic nitrogens is 2. The molecular formula is C54H37N5S. The van der Waals surface area contributed by atoms with E-state index in [0.717, 1.165) is 27.7 Å². The first-order valence-corrected chi connectivity index (χ1v) is 21.4. The van der Waals surface area contributed by atoms with Gasteiger partial charge in [-0.3, -0.25) is 4.98 Å². The second-order valence-corrected chi connectivity index (χ2v) is 17.5. The zero-order valence-corrected chi connectivity index (χ0v) is 33.6. The van der Waals surface area contributed by atoms with Crippen LogP contribution in [-0.4, -0.2) is 20.9 Å². The van der Waals surface area contributed by atoms with E-state index in [4.69, 9.17) is 9.98 Å². The summed E-state index contributed by atoms with van der Waals surface area (Å²) in [5.41, 5.74) is 10.2. The van der Waals surface area contributed by atoms with Crippen LogP contribution < -0.4 is 10.2 Å². The number of allylic oxidation sites excluding steroid dienone is 2. The Hall–Kier alpha value is -7.28. The summed E-state index contributed by atoms with van der Waals surface area (Å²) in [6.07, 6.45) is 10.6. The number of nitrogens with zero attached hydrogens (tertiary/aromatic N) is 4. The number of aliphatic imine (C=N–C) groups is 1. The number of amidine groups is 1. The van der Waals surface area contributed by atoms with Gasteiger partial charge in [-0.1, -0.05) is 109 Å². The fraction of sp³-hybridized carbons (Fsp3) is 0.0741. The van der Waals surface area contributed by atoms with Crippen LogP contribution in [0.25, 0.3) is 64.7 Å². The molecule has 0 radical (unpaired) electrons. The monoisotopic (exact) mass is 787 g/mol. The second kappa shape index (κ2) is 12.6. The minimum Gasteiger partial charge on any atom is -0.331 e. The van der Waals surface area contributed by atoms with Gasteiger partial charge in [0.2, 0.25) is 0 Å². The highest BCUT2D eigenvalue weighted by Gasteiger charge is 2.47. The average Bonchev–Trinajstić information content (AvgIpc) is 3.91. The molecule has 0 saturated carbocycles. The summed E-state index contributed by atoms with van der Waals surface area (Å²) < 4.78 is 3.72. The van der Waals surface area contributed by atoms with Gasteiger partial charge in [-0.05, 0) is 107 Å². The summed E-state index contributed by atoms with van der Waals surface area (Å²) in [6, 6.07) is 57.5. The highest BCUT2D eigenvalue weighted by Crippen LogP contribution is 2.55. The molecule has 3 atom stereocenters. The van der Waals surface area contributed by atoms with Crippen molar-refractivity contribution in [1.82, 2.24) is 9.55 Å². The molecule has 3 aliphatic rings. The molecule has 1 aliphatic carbocycles. The van der Waals surface area contributed by atoms with Gasteiger partial charge in [0.1, 0.15) is 10.8 Å². The molecule has 0 spiro atoms. The van der Waals surface area contributed by atoms with Crippen molar-refractivity contribution >= 4 is 87.0 Å². The molecule has 5 nitrogen and oxygen atoms in total.